The van der Waals surface area contributed by atoms with Crippen LogP contribution in [0.1, 0.15) is 22.2 Å². The number of thiophene rings is 1. The van der Waals surface area contributed by atoms with Crippen LogP contribution in [-0.4, -0.2) is 60.4 Å². The summed E-state index contributed by atoms with van der Waals surface area (Å²) >= 11 is 7.59. The molecule has 144 valence electrons. The van der Waals surface area contributed by atoms with Gasteiger partial charge in [-0.2, -0.15) is 0 Å². The maximum Gasteiger partial charge on any atom is 0.253 e. The maximum atomic E-state index is 12.6. The van der Waals surface area contributed by atoms with Gasteiger partial charge in [0.1, 0.15) is 0 Å². The molecule has 1 aromatic heterocycles. The molecule has 1 aliphatic heterocycles. The number of hydrogen-bond acceptors (Lipinski definition) is 4. The molecule has 1 unspecified atom stereocenters. The molecule has 1 saturated heterocycles. The van der Waals surface area contributed by atoms with Gasteiger partial charge in [-0.1, -0.05) is 17.7 Å². The SMILES string of the molecule is CC(C(=O)NCCc1cccs1)N1CCN(C(=O)c2ccc(Cl)cc2)CC1. The third-order valence-corrected chi connectivity index (χ3v) is 6.06. The monoisotopic (exact) mass is 405 g/mol. The smallest absolute Gasteiger partial charge is 0.253 e. The van der Waals surface area contributed by atoms with Crippen LogP contribution < -0.4 is 5.32 Å². The first kappa shape index (κ1) is 19.9. The van der Waals surface area contributed by atoms with Gasteiger partial charge in [0, 0.05) is 48.2 Å². The Morgan fingerprint density at radius 1 is 1.15 bits per heavy atom. The van der Waals surface area contributed by atoms with E-state index in [9.17, 15) is 9.59 Å². The molecule has 0 saturated carbocycles. The Morgan fingerprint density at radius 2 is 1.85 bits per heavy atom. The summed E-state index contributed by atoms with van der Waals surface area (Å²) in [7, 11) is 0. The van der Waals surface area contributed by atoms with Gasteiger partial charge in [-0.15, -0.1) is 11.3 Å². The van der Waals surface area contributed by atoms with E-state index in [0.29, 0.717) is 43.3 Å². The van der Waals surface area contributed by atoms with E-state index in [0.717, 1.165) is 6.42 Å². The minimum atomic E-state index is -0.193. The predicted octanol–water partition coefficient (Wildman–Crippen LogP) is 2.91. The Balaban J connectivity index is 1.44. The zero-order valence-electron chi connectivity index (χ0n) is 15.4. The van der Waals surface area contributed by atoms with E-state index in [1.54, 1.807) is 35.6 Å². The lowest BCUT2D eigenvalue weighted by Gasteiger charge is -2.37. The van der Waals surface area contributed by atoms with Gasteiger partial charge in [-0.25, -0.2) is 0 Å². The molecule has 5 nitrogen and oxygen atoms in total. The fourth-order valence-corrected chi connectivity index (χ4v) is 4.00. The standard InChI is InChI=1S/C20H24ClN3O2S/c1-15(19(25)22-9-8-18-3-2-14-27-18)23-10-12-24(13-11-23)20(26)16-4-6-17(21)7-5-16/h2-7,14-15H,8-13H2,1H3,(H,22,25). The van der Waals surface area contributed by atoms with Crippen molar-refractivity contribution in [2.24, 2.45) is 0 Å². The summed E-state index contributed by atoms with van der Waals surface area (Å²) in [5.41, 5.74) is 0.646. The predicted molar refractivity (Wildman–Crippen MR) is 109 cm³/mol. The van der Waals surface area contributed by atoms with Crippen LogP contribution in [0.25, 0.3) is 0 Å². The molecule has 0 radical (unpaired) electrons. The normalized spacial score (nSPS) is 16.1. The number of benzene rings is 1. The van der Waals surface area contributed by atoms with Crippen LogP contribution >= 0.6 is 22.9 Å². The van der Waals surface area contributed by atoms with Crippen molar-refractivity contribution in [1.82, 2.24) is 15.1 Å². The molecule has 1 atom stereocenters. The molecule has 1 aromatic carbocycles. The molecule has 2 aromatic rings. The van der Waals surface area contributed by atoms with Crippen molar-refractivity contribution >= 4 is 34.8 Å². The van der Waals surface area contributed by atoms with Crippen molar-refractivity contribution in [1.29, 1.82) is 0 Å². The Hall–Kier alpha value is -1.89. The Labute approximate surface area is 168 Å². The van der Waals surface area contributed by atoms with Gasteiger partial charge in [0.2, 0.25) is 5.91 Å². The fraction of sp³-hybridized carbons (Fsp3) is 0.400. The van der Waals surface area contributed by atoms with Crippen LogP contribution in [0.2, 0.25) is 5.02 Å². The lowest BCUT2D eigenvalue weighted by Crippen LogP contribution is -2.55. The highest BCUT2D eigenvalue weighted by Crippen LogP contribution is 2.14. The molecule has 1 aliphatic rings. The van der Waals surface area contributed by atoms with Gasteiger partial charge >= 0.3 is 0 Å². The fourth-order valence-electron chi connectivity index (χ4n) is 3.16. The van der Waals surface area contributed by atoms with E-state index in [1.807, 2.05) is 23.3 Å². The first-order valence-corrected chi connectivity index (χ1v) is 10.4. The summed E-state index contributed by atoms with van der Waals surface area (Å²) in [6, 6.07) is 10.9. The van der Waals surface area contributed by atoms with E-state index >= 15 is 0 Å². The number of carbonyl (C=O) groups excluding carboxylic acids is 2. The first-order chi connectivity index (χ1) is 13.0. The average Bonchev–Trinajstić information content (AvgIpc) is 3.21. The number of nitrogens with one attached hydrogen (secondary N) is 1. The van der Waals surface area contributed by atoms with Crippen molar-refractivity contribution in [2.45, 2.75) is 19.4 Å². The molecule has 0 bridgehead atoms. The lowest BCUT2D eigenvalue weighted by atomic mass is 10.1. The zero-order chi connectivity index (χ0) is 19.2. The molecule has 2 amide bonds. The van der Waals surface area contributed by atoms with E-state index in [2.05, 4.69) is 16.3 Å². The quantitative estimate of drug-likeness (QED) is 0.803. The van der Waals surface area contributed by atoms with Crippen molar-refractivity contribution in [2.75, 3.05) is 32.7 Å². The minimum absolute atomic E-state index is 0.0133. The van der Waals surface area contributed by atoms with Gasteiger partial charge < -0.3 is 10.2 Å². The highest BCUT2D eigenvalue weighted by atomic mass is 35.5. The van der Waals surface area contributed by atoms with Gasteiger partial charge in [0.15, 0.2) is 0 Å². The second-order valence-corrected chi connectivity index (χ2v) is 8.10. The lowest BCUT2D eigenvalue weighted by molar-refractivity contribution is -0.126. The van der Waals surface area contributed by atoms with Crippen molar-refractivity contribution < 1.29 is 9.59 Å². The summed E-state index contributed by atoms with van der Waals surface area (Å²) in [5, 5.41) is 5.68. The van der Waals surface area contributed by atoms with Crippen LogP contribution in [0.4, 0.5) is 0 Å². The van der Waals surface area contributed by atoms with Gasteiger partial charge in [0.25, 0.3) is 5.91 Å². The highest BCUT2D eigenvalue weighted by Gasteiger charge is 2.27. The molecule has 2 heterocycles. The Bertz CT molecular complexity index is 756. The minimum Gasteiger partial charge on any atom is -0.354 e. The molecule has 1 fully saturated rings. The highest BCUT2D eigenvalue weighted by molar-refractivity contribution is 7.09. The van der Waals surface area contributed by atoms with Gasteiger partial charge in [-0.05, 0) is 49.1 Å². The van der Waals surface area contributed by atoms with E-state index in [4.69, 9.17) is 11.6 Å². The topological polar surface area (TPSA) is 52.7 Å². The van der Waals surface area contributed by atoms with E-state index in [1.165, 1.54) is 4.88 Å². The molecule has 7 heteroatoms. The third-order valence-electron chi connectivity index (χ3n) is 4.87. The van der Waals surface area contributed by atoms with Crippen LogP contribution in [0, 0.1) is 0 Å². The largest absolute Gasteiger partial charge is 0.354 e. The second-order valence-electron chi connectivity index (χ2n) is 6.63. The molecular formula is C20H24ClN3O2S. The third kappa shape index (κ3) is 5.31. The number of halogens is 1. The molecule has 1 N–H and O–H groups in total. The van der Waals surface area contributed by atoms with Crippen LogP contribution in [0.3, 0.4) is 0 Å². The number of nitrogens with zero attached hydrogens (tertiary/aromatic N) is 2. The van der Waals surface area contributed by atoms with E-state index in [-0.39, 0.29) is 17.9 Å². The first-order valence-electron chi connectivity index (χ1n) is 9.13. The van der Waals surface area contributed by atoms with E-state index < -0.39 is 0 Å². The molecule has 0 spiro atoms. The number of hydrogen-bond donors (Lipinski definition) is 1. The molecular weight excluding hydrogens is 382 g/mol. The average molecular weight is 406 g/mol. The molecule has 0 aliphatic carbocycles. The number of amides is 2. The molecule has 3 rings (SSSR count). The molecule has 27 heavy (non-hydrogen) atoms. The van der Waals surface area contributed by atoms with Crippen LogP contribution in [0.5, 0.6) is 0 Å². The van der Waals surface area contributed by atoms with Gasteiger partial charge in [0.05, 0.1) is 6.04 Å². The van der Waals surface area contributed by atoms with Crippen LogP contribution in [-0.2, 0) is 11.2 Å². The summed E-state index contributed by atoms with van der Waals surface area (Å²) in [6.45, 7) is 5.20. The summed E-state index contributed by atoms with van der Waals surface area (Å²) < 4.78 is 0. The zero-order valence-corrected chi connectivity index (χ0v) is 16.9. The maximum absolute atomic E-state index is 12.6. The van der Waals surface area contributed by atoms with Crippen molar-refractivity contribution in [3.05, 3.63) is 57.2 Å². The Morgan fingerprint density at radius 3 is 2.48 bits per heavy atom. The van der Waals surface area contributed by atoms with Crippen molar-refractivity contribution in [3.8, 4) is 0 Å². The summed E-state index contributed by atoms with van der Waals surface area (Å²) in [5.74, 6) is 0.0587. The second kappa shape index (κ2) is 9.35. The van der Waals surface area contributed by atoms with Crippen molar-refractivity contribution in [3.63, 3.8) is 0 Å². The number of rotatable bonds is 6. The number of piperazine rings is 1. The van der Waals surface area contributed by atoms with Gasteiger partial charge in [-0.3, -0.25) is 14.5 Å². The summed E-state index contributed by atoms with van der Waals surface area (Å²) in [4.78, 5) is 30.2. The number of carbonyl (C=O) groups is 2. The Kier molecular flexibility index (Phi) is 6.88. The van der Waals surface area contributed by atoms with Crippen LogP contribution in [0.15, 0.2) is 41.8 Å². The summed E-state index contributed by atoms with van der Waals surface area (Å²) in [6.07, 6.45) is 0.861.